The molecule has 2 fully saturated rings. The van der Waals surface area contributed by atoms with E-state index in [1.165, 1.54) is 22.8 Å². The fraction of sp³-hybridized carbons (Fsp3) is 0.406. The van der Waals surface area contributed by atoms with Gasteiger partial charge in [-0.15, -0.1) is 0 Å². The summed E-state index contributed by atoms with van der Waals surface area (Å²) in [5.74, 6) is 0.132. The van der Waals surface area contributed by atoms with E-state index in [-0.39, 0.29) is 42.0 Å². The number of amides is 1. The minimum atomic E-state index is -3.83. The van der Waals surface area contributed by atoms with Gasteiger partial charge in [0.1, 0.15) is 5.75 Å². The van der Waals surface area contributed by atoms with Gasteiger partial charge in [-0.3, -0.25) is 9.69 Å². The zero-order valence-electron chi connectivity index (χ0n) is 23.8. The van der Waals surface area contributed by atoms with Crippen molar-refractivity contribution >= 4 is 21.6 Å². The van der Waals surface area contributed by atoms with Crippen LogP contribution in [0.5, 0.6) is 5.75 Å². The number of anilines is 1. The molecule has 1 unspecified atom stereocenters. The molecule has 3 aromatic rings. The van der Waals surface area contributed by atoms with E-state index < -0.39 is 10.0 Å². The monoisotopic (exact) mass is 575 g/mol. The van der Waals surface area contributed by atoms with Gasteiger partial charge in [0.25, 0.3) is 5.91 Å². The van der Waals surface area contributed by atoms with Crippen LogP contribution in [-0.2, 0) is 14.8 Å². The molecule has 2 saturated heterocycles. The van der Waals surface area contributed by atoms with Crippen LogP contribution in [0.3, 0.4) is 0 Å². The Morgan fingerprint density at radius 3 is 2.51 bits per heavy atom. The van der Waals surface area contributed by atoms with Crippen molar-refractivity contribution < 1.29 is 23.1 Å². The molecular weight excluding hydrogens is 538 g/mol. The quantitative estimate of drug-likeness (QED) is 0.473. The lowest BCUT2D eigenvalue weighted by molar-refractivity contribution is -0.118. The summed E-state index contributed by atoms with van der Waals surface area (Å²) in [5.41, 5.74) is 7.04. The maximum atomic E-state index is 14.1. The lowest BCUT2D eigenvalue weighted by atomic mass is 9.74. The standard InChI is InChI=1S/C32H37N3O5S/c1-20-7-6-8-25(22(20)3)23-9-11-24(12-10-23)32-27-17-34(13-4-5-14-35(27)28(32)18-36)41(38,39)30-16-29-26(15-21(30)2)33-31(37)19-40-29/h6-12,15-16,27-28,32,36H,4-5,13-14,17-19H2,1-3H3,(H,33,37)/t27-,28?,32-/m0/s1. The highest BCUT2D eigenvalue weighted by molar-refractivity contribution is 7.89. The van der Waals surface area contributed by atoms with Crippen LogP contribution in [0.15, 0.2) is 59.5 Å². The van der Waals surface area contributed by atoms with Crippen molar-refractivity contribution in [1.82, 2.24) is 9.21 Å². The molecule has 3 heterocycles. The van der Waals surface area contributed by atoms with E-state index in [1.807, 2.05) is 0 Å². The fourth-order valence-electron chi connectivity index (χ4n) is 6.71. The number of nitrogens with zero attached hydrogens (tertiary/aromatic N) is 2. The van der Waals surface area contributed by atoms with Gasteiger partial charge in [0.05, 0.1) is 17.2 Å². The largest absolute Gasteiger partial charge is 0.482 e. The molecule has 0 aromatic heterocycles. The van der Waals surface area contributed by atoms with Crippen LogP contribution in [-0.4, -0.2) is 73.6 Å². The Labute approximate surface area is 242 Å². The molecule has 0 radical (unpaired) electrons. The van der Waals surface area contributed by atoms with Gasteiger partial charge in [-0.05, 0) is 79.6 Å². The second-order valence-electron chi connectivity index (χ2n) is 11.5. The third-order valence-corrected chi connectivity index (χ3v) is 11.1. The predicted molar refractivity (Wildman–Crippen MR) is 159 cm³/mol. The number of ether oxygens (including phenoxy) is 1. The number of aliphatic hydroxyl groups excluding tert-OH is 1. The molecule has 0 saturated carbocycles. The molecule has 9 heteroatoms. The zero-order valence-corrected chi connectivity index (χ0v) is 24.6. The lowest BCUT2D eigenvalue weighted by Gasteiger charge is -2.57. The molecular formula is C32H37N3O5S. The number of sulfonamides is 1. The molecule has 1 amide bonds. The topological polar surface area (TPSA) is 99.2 Å². The highest BCUT2D eigenvalue weighted by Gasteiger charge is 2.50. The number of benzene rings is 3. The first-order valence-electron chi connectivity index (χ1n) is 14.3. The first-order valence-corrected chi connectivity index (χ1v) is 15.7. The van der Waals surface area contributed by atoms with Crippen LogP contribution in [0.25, 0.3) is 11.1 Å². The second-order valence-corrected chi connectivity index (χ2v) is 13.4. The third-order valence-electron chi connectivity index (χ3n) is 9.07. The molecule has 3 aromatic carbocycles. The SMILES string of the molecule is Cc1cc2c(cc1S(=O)(=O)N1CCCCN3C(CO)[C@@H](c4ccc(-c5cccc(C)c5C)cc4)[C@@H]3C1)OCC(=O)N2. The van der Waals surface area contributed by atoms with Crippen molar-refractivity contribution in [1.29, 1.82) is 0 Å². The van der Waals surface area contributed by atoms with Gasteiger partial charge < -0.3 is 15.2 Å². The summed E-state index contributed by atoms with van der Waals surface area (Å²) in [7, 11) is -3.83. The molecule has 3 aliphatic rings. The summed E-state index contributed by atoms with van der Waals surface area (Å²) in [6.45, 7) is 7.51. The molecule has 0 spiro atoms. The van der Waals surface area contributed by atoms with Crippen LogP contribution in [0.4, 0.5) is 5.69 Å². The fourth-order valence-corrected chi connectivity index (χ4v) is 8.43. The van der Waals surface area contributed by atoms with Crippen molar-refractivity contribution in [3.8, 4) is 16.9 Å². The summed E-state index contributed by atoms with van der Waals surface area (Å²) in [6, 6.07) is 18.0. The van der Waals surface area contributed by atoms with Gasteiger partial charge in [-0.25, -0.2) is 8.42 Å². The first-order chi connectivity index (χ1) is 19.7. The van der Waals surface area contributed by atoms with Crippen LogP contribution in [0, 0.1) is 20.8 Å². The highest BCUT2D eigenvalue weighted by Crippen LogP contribution is 2.43. The predicted octanol–water partition coefficient (Wildman–Crippen LogP) is 4.22. The Morgan fingerprint density at radius 2 is 1.76 bits per heavy atom. The summed E-state index contributed by atoms with van der Waals surface area (Å²) in [4.78, 5) is 14.2. The number of carbonyl (C=O) groups excluding carboxylic acids is 1. The van der Waals surface area contributed by atoms with Crippen molar-refractivity contribution in [2.24, 2.45) is 0 Å². The van der Waals surface area contributed by atoms with E-state index in [1.54, 1.807) is 17.3 Å². The smallest absolute Gasteiger partial charge is 0.262 e. The first kappa shape index (κ1) is 27.9. The van der Waals surface area contributed by atoms with Crippen molar-refractivity contribution in [2.45, 2.75) is 56.5 Å². The third kappa shape index (κ3) is 4.95. The Morgan fingerprint density at radius 1 is 1.00 bits per heavy atom. The van der Waals surface area contributed by atoms with Crippen LogP contribution < -0.4 is 10.1 Å². The summed E-state index contributed by atoms with van der Waals surface area (Å²) in [6.07, 6.45) is 1.60. The van der Waals surface area contributed by atoms with Gasteiger partial charge in [-0.2, -0.15) is 4.31 Å². The average molecular weight is 576 g/mol. The highest BCUT2D eigenvalue weighted by atomic mass is 32.2. The minimum Gasteiger partial charge on any atom is -0.482 e. The summed E-state index contributed by atoms with van der Waals surface area (Å²) >= 11 is 0. The number of fused-ring (bicyclic) bond motifs is 2. The maximum absolute atomic E-state index is 14.1. The van der Waals surface area contributed by atoms with E-state index in [0.717, 1.165) is 30.5 Å². The molecule has 2 N–H and O–H groups in total. The average Bonchev–Trinajstić information content (AvgIpc) is 2.93. The van der Waals surface area contributed by atoms with Gasteiger partial charge in [-0.1, -0.05) is 42.5 Å². The second kappa shape index (κ2) is 10.9. The summed E-state index contributed by atoms with van der Waals surface area (Å²) in [5, 5.41) is 13.1. The number of hydrogen-bond donors (Lipinski definition) is 2. The number of nitrogens with one attached hydrogen (secondary N) is 1. The molecule has 41 heavy (non-hydrogen) atoms. The van der Waals surface area contributed by atoms with Gasteiger partial charge >= 0.3 is 0 Å². The molecule has 0 bridgehead atoms. The molecule has 8 nitrogen and oxygen atoms in total. The molecule has 216 valence electrons. The van der Waals surface area contributed by atoms with Crippen molar-refractivity contribution in [3.05, 3.63) is 76.9 Å². The Kier molecular flexibility index (Phi) is 7.40. The Bertz CT molecular complexity index is 1590. The molecule has 3 aliphatic heterocycles. The van der Waals surface area contributed by atoms with Crippen LogP contribution in [0.2, 0.25) is 0 Å². The van der Waals surface area contributed by atoms with E-state index in [9.17, 15) is 18.3 Å². The minimum absolute atomic E-state index is 0.0200. The number of carbonyl (C=O) groups is 1. The number of hydrogen-bond acceptors (Lipinski definition) is 6. The van der Waals surface area contributed by atoms with Crippen molar-refractivity contribution in [3.63, 3.8) is 0 Å². The maximum Gasteiger partial charge on any atom is 0.262 e. The van der Waals surface area contributed by atoms with Crippen LogP contribution >= 0.6 is 0 Å². The van der Waals surface area contributed by atoms with Gasteiger partial charge in [0.15, 0.2) is 6.61 Å². The summed E-state index contributed by atoms with van der Waals surface area (Å²) < 4.78 is 35.3. The van der Waals surface area contributed by atoms with E-state index in [4.69, 9.17) is 4.74 Å². The zero-order chi connectivity index (χ0) is 28.9. The van der Waals surface area contributed by atoms with Crippen LogP contribution in [0.1, 0.15) is 41.0 Å². The lowest BCUT2D eigenvalue weighted by Crippen LogP contribution is -2.67. The number of aryl methyl sites for hydroxylation is 2. The molecule has 0 aliphatic carbocycles. The normalized spacial score (nSPS) is 23.3. The van der Waals surface area contributed by atoms with Crippen molar-refractivity contribution in [2.75, 3.05) is 38.2 Å². The Balaban J connectivity index is 1.29. The van der Waals surface area contributed by atoms with E-state index in [2.05, 4.69) is 66.5 Å². The molecule has 6 rings (SSSR count). The number of aliphatic hydroxyl groups is 1. The van der Waals surface area contributed by atoms with E-state index in [0.29, 0.717) is 30.1 Å². The van der Waals surface area contributed by atoms with E-state index >= 15 is 0 Å². The Hall–Kier alpha value is -3.24. The molecule has 3 atom stereocenters. The van der Waals surface area contributed by atoms with Gasteiger partial charge in [0.2, 0.25) is 10.0 Å². The number of rotatable bonds is 5. The van der Waals surface area contributed by atoms with Gasteiger partial charge in [0, 0.05) is 37.2 Å².